The molecule has 2 aromatic carbocycles. The molecule has 4 rings (SSSR count). The number of nitrogens with one attached hydrogen (secondary N) is 1. The van der Waals surface area contributed by atoms with Gasteiger partial charge in [-0.1, -0.05) is 41.7 Å². The maximum Gasteiger partial charge on any atom is 0.345 e. The van der Waals surface area contributed by atoms with E-state index in [-0.39, 0.29) is 16.8 Å². The zero-order valence-electron chi connectivity index (χ0n) is 15.2. The molecule has 0 amide bonds. The molecular formula is C20H14N4O4S. The molecule has 1 N–H and O–H groups in total. The highest BCUT2D eigenvalue weighted by molar-refractivity contribution is 7.18. The second-order valence-corrected chi connectivity index (χ2v) is 7.16. The van der Waals surface area contributed by atoms with E-state index in [1.807, 2.05) is 37.3 Å². The van der Waals surface area contributed by atoms with Gasteiger partial charge in [0.2, 0.25) is 5.13 Å². The van der Waals surface area contributed by atoms with Crippen molar-refractivity contribution in [3.05, 3.63) is 86.9 Å². The Hall–Kier alpha value is -3.85. The molecule has 0 saturated heterocycles. The number of benzene rings is 2. The number of hydrogen-bond acceptors (Lipinski definition) is 8. The van der Waals surface area contributed by atoms with Gasteiger partial charge in [0.15, 0.2) is 0 Å². The molecule has 0 radical (unpaired) electrons. The normalized spacial score (nSPS) is 11.6. The molecule has 0 atom stereocenters. The molecule has 4 aromatic rings. The van der Waals surface area contributed by atoms with Crippen LogP contribution in [0.2, 0.25) is 0 Å². The minimum absolute atomic E-state index is 0.0744. The van der Waals surface area contributed by atoms with Crippen molar-refractivity contribution in [3.8, 4) is 10.4 Å². The summed E-state index contributed by atoms with van der Waals surface area (Å²) in [4.78, 5) is 27.6. The Bertz CT molecular complexity index is 1290. The van der Waals surface area contributed by atoms with Gasteiger partial charge in [-0.15, -0.1) is 0 Å². The predicted octanol–water partition coefficient (Wildman–Crippen LogP) is 4.66. The molecule has 9 heteroatoms. The summed E-state index contributed by atoms with van der Waals surface area (Å²) in [6.07, 6.45) is 1.54. The van der Waals surface area contributed by atoms with Crippen molar-refractivity contribution in [2.45, 2.75) is 6.92 Å². The van der Waals surface area contributed by atoms with Gasteiger partial charge in [-0.05, 0) is 24.6 Å². The van der Waals surface area contributed by atoms with Gasteiger partial charge < -0.3 is 4.42 Å². The van der Waals surface area contributed by atoms with E-state index in [1.54, 1.807) is 6.07 Å². The number of hydrogen-bond donors (Lipinski definition) is 1. The lowest BCUT2D eigenvalue weighted by molar-refractivity contribution is -0.384. The first-order chi connectivity index (χ1) is 14.0. The van der Waals surface area contributed by atoms with Crippen molar-refractivity contribution >= 4 is 38.8 Å². The fourth-order valence-electron chi connectivity index (χ4n) is 2.72. The van der Waals surface area contributed by atoms with Gasteiger partial charge in [-0.2, -0.15) is 5.10 Å². The van der Waals surface area contributed by atoms with Crippen molar-refractivity contribution in [1.82, 2.24) is 4.98 Å². The Morgan fingerprint density at radius 1 is 1.21 bits per heavy atom. The molecule has 2 heterocycles. The lowest BCUT2D eigenvalue weighted by atomic mass is 10.1. The first-order valence-corrected chi connectivity index (χ1v) is 9.37. The second-order valence-electron chi connectivity index (χ2n) is 6.13. The van der Waals surface area contributed by atoms with E-state index in [0.717, 1.165) is 11.3 Å². The van der Waals surface area contributed by atoms with Gasteiger partial charge in [0.25, 0.3) is 5.69 Å². The molecule has 0 unspecified atom stereocenters. The Kier molecular flexibility index (Phi) is 4.88. The van der Waals surface area contributed by atoms with Crippen molar-refractivity contribution in [2.24, 2.45) is 5.10 Å². The summed E-state index contributed by atoms with van der Waals surface area (Å²) in [5.41, 5.74) is 4.62. The molecule has 0 aliphatic carbocycles. The average molecular weight is 406 g/mol. The topological polar surface area (TPSA) is 111 Å². The summed E-state index contributed by atoms with van der Waals surface area (Å²) < 4.78 is 5.30. The monoisotopic (exact) mass is 406 g/mol. The average Bonchev–Trinajstić information content (AvgIpc) is 3.20. The van der Waals surface area contributed by atoms with Crippen LogP contribution >= 0.6 is 11.3 Å². The summed E-state index contributed by atoms with van der Waals surface area (Å²) in [6.45, 7) is 1.88. The second kappa shape index (κ2) is 7.64. The highest BCUT2D eigenvalue weighted by atomic mass is 32.1. The standard InChI is InChI=1S/C20H14N4O4S/c1-12(13-5-3-2-4-6-13)22-23-20-21-11-18(29-20)16-10-14-9-15(24(26)27)7-8-17(14)28-19(16)25/h2-11H,1H3,(H,21,23). The molecule has 0 fully saturated rings. The highest BCUT2D eigenvalue weighted by Crippen LogP contribution is 2.30. The highest BCUT2D eigenvalue weighted by Gasteiger charge is 2.14. The molecule has 144 valence electrons. The van der Waals surface area contributed by atoms with Crippen LogP contribution in [0, 0.1) is 10.1 Å². The minimum atomic E-state index is -0.537. The predicted molar refractivity (Wildman–Crippen MR) is 113 cm³/mol. The molecule has 0 bridgehead atoms. The van der Waals surface area contributed by atoms with Crippen molar-refractivity contribution in [3.63, 3.8) is 0 Å². The Balaban J connectivity index is 1.63. The van der Waals surface area contributed by atoms with Crippen LogP contribution in [0.25, 0.3) is 21.4 Å². The summed E-state index contributed by atoms with van der Waals surface area (Å²) >= 11 is 1.23. The molecule has 0 aliphatic rings. The van der Waals surface area contributed by atoms with Crippen LogP contribution in [0.15, 0.2) is 75.1 Å². The zero-order valence-corrected chi connectivity index (χ0v) is 16.0. The van der Waals surface area contributed by atoms with Crippen LogP contribution in [-0.2, 0) is 0 Å². The van der Waals surface area contributed by atoms with Crippen LogP contribution < -0.4 is 11.1 Å². The Labute approximate surface area is 168 Å². The van der Waals surface area contributed by atoms with E-state index >= 15 is 0 Å². The van der Waals surface area contributed by atoms with Crippen LogP contribution in [-0.4, -0.2) is 15.6 Å². The smallest absolute Gasteiger partial charge is 0.345 e. The maximum atomic E-state index is 12.3. The van der Waals surface area contributed by atoms with E-state index in [9.17, 15) is 14.9 Å². The molecule has 29 heavy (non-hydrogen) atoms. The van der Waals surface area contributed by atoms with Crippen molar-refractivity contribution < 1.29 is 9.34 Å². The molecular weight excluding hydrogens is 392 g/mol. The van der Waals surface area contributed by atoms with E-state index < -0.39 is 10.5 Å². The third-order valence-electron chi connectivity index (χ3n) is 4.21. The van der Waals surface area contributed by atoms with E-state index in [2.05, 4.69) is 15.5 Å². The summed E-state index contributed by atoms with van der Waals surface area (Å²) in [5, 5.41) is 16.3. The van der Waals surface area contributed by atoms with Crippen LogP contribution in [0.1, 0.15) is 12.5 Å². The van der Waals surface area contributed by atoms with Crippen molar-refractivity contribution in [1.29, 1.82) is 0 Å². The van der Waals surface area contributed by atoms with Crippen LogP contribution in [0.4, 0.5) is 10.8 Å². The number of anilines is 1. The maximum absolute atomic E-state index is 12.3. The number of hydrazone groups is 1. The third-order valence-corrected chi connectivity index (χ3v) is 5.14. The van der Waals surface area contributed by atoms with E-state index in [4.69, 9.17) is 4.42 Å². The van der Waals surface area contributed by atoms with Gasteiger partial charge in [0.1, 0.15) is 5.58 Å². The molecule has 2 aromatic heterocycles. The van der Waals surface area contributed by atoms with Gasteiger partial charge in [0, 0.05) is 23.7 Å². The lowest BCUT2D eigenvalue weighted by Gasteiger charge is -2.01. The number of aromatic nitrogens is 1. The van der Waals surface area contributed by atoms with Gasteiger partial charge in [0.05, 0.1) is 21.1 Å². The fourth-order valence-corrected chi connectivity index (χ4v) is 3.48. The van der Waals surface area contributed by atoms with E-state index in [1.165, 1.54) is 35.7 Å². The number of thiazole rings is 1. The SMILES string of the molecule is CC(=NNc1ncc(-c2cc3cc([N+](=O)[O-])ccc3oc2=O)s1)c1ccccc1. The van der Waals surface area contributed by atoms with Gasteiger partial charge in [-0.3, -0.25) is 15.5 Å². The van der Waals surface area contributed by atoms with Crippen molar-refractivity contribution in [2.75, 3.05) is 5.43 Å². The van der Waals surface area contributed by atoms with Gasteiger partial charge >= 0.3 is 5.63 Å². The van der Waals surface area contributed by atoms with Gasteiger partial charge in [-0.25, -0.2) is 9.78 Å². The zero-order chi connectivity index (χ0) is 20.4. The summed E-state index contributed by atoms with van der Waals surface area (Å²) in [6, 6.07) is 15.4. The number of nitro groups is 1. The molecule has 0 aliphatic heterocycles. The largest absolute Gasteiger partial charge is 0.422 e. The number of fused-ring (bicyclic) bond motifs is 1. The lowest BCUT2D eigenvalue weighted by Crippen LogP contribution is -2.01. The van der Waals surface area contributed by atoms with Crippen LogP contribution in [0.5, 0.6) is 0 Å². The number of rotatable bonds is 5. The first-order valence-electron chi connectivity index (χ1n) is 8.55. The summed E-state index contributed by atoms with van der Waals surface area (Å²) in [7, 11) is 0. The Morgan fingerprint density at radius 3 is 2.76 bits per heavy atom. The molecule has 8 nitrogen and oxygen atoms in total. The minimum Gasteiger partial charge on any atom is -0.422 e. The quantitative estimate of drug-likeness (QED) is 0.223. The summed E-state index contributed by atoms with van der Waals surface area (Å²) in [5.74, 6) is 0. The fraction of sp³-hybridized carbons (Fsp3) is 0.0500. The Morgan fingerprint density at radius 2 is 2.00 bits per heavy atom. The molecule has 0 spiro atoms. The number of non-ortho nitro benzene ring substituents is 1. The van der Waals surface area contributed by atoms with E-state index in [0.29, 0.717) is 15.4 Å². The number of nitrogens with zero attached hydrogens (tertiary/aromatic N) is 3. The van der Waals surface area contributed by atoms with Crippen LogP contribution in [0.3, 0.4) is 0 Å². The third kappa shape index (κ3) is 3.90. The number of nitro benzene ring substituents is 1. The molecule has 0 saturated carbocycles. The first kappa shape index (κ1) is 18.5.